The van der Waals surface area contributed by atoms with E-state index in [9.17, 15) is 34.8 Å². The molecule has 6 atom stereocenters. The van der Waals surface area contributed by atoms with Gasteiger partial charge in [-0.2, -0.15) is 5.26 Å². The Balaban J connectivity index is 1.85. The second-order valence-electron chi connectivity index (χ2n) is 10.1. The Kier molecular flexibility index (Phi) is 6.87. The number of primary amides is 1. The van der Waals surface area contributed by atoms with Crippen LogP contribution < -0.4 is 5.73 Å². The van der Waals surface area contributed by atoms with Gasteiger partial charge in [-0.3, -0.25) is 14.4 Å². The molecule has 0 radical (unpaired) electrons. The molecular formula is C27H29N3O7. The molecule has 0 bridgehead atoms. The number of rotatable bonds is 4. The standard InChI is InChI=1S/C27H29N3O7/c1-30(2)21-16-12-14-11-15-13(7-5-3-4-6-10-28)8-9-17(31)19(15)22(32)18(14)24(34)27(16,37)25(35)20(23(21)33)26(29)36/h8-9,14,16,20-21,23,31,33-34,37H,3-4,6,11-12H2,1-2H3,(H2,29,36)/t14-,16-,20?,21-,23?,27-/m0/s1. The van der Waals surface area contributed by atoms with Crippen molar-refractivity contribution in [3.63, 3.8) is 0 Å². The first-order chi connectivity index (χ1) is 17.5. The van der Waals surface area contributed by atoms with Crippen LogP contribution in [0.4, 0.5) is 0 Å². The Bertz CT molecular complexity index is 1320. The lowest BCUT2D eigenvalue weighted by Gasteiger charge is -2.53. The number of aliphatic hydroxyl groups is 3. The number of benzene rings is 1. The summed E-state index contributed by atoms with van der Waals surface area (Å²) in [5, 5.41) is 53.1. The number of carbonyl (C=O) groups excluding carboxylic acids is 3. The SMILES string of the molecule is CN(C)[C@@H]1C(O)C(C(N)=O)C(=O)[C@@]2(O)C(O)=C3C(=O)c4c(O)ccc(C#CCCCC#N)c4C[C@H]3C[C@@H]12. The normalized spacial score (nSPS) is 30.5. The van der Waals surface area contributed by atoms with Crippen LogP contribution in [0.3, 0.4) is 0 Å². The number of aliphatic hydroxyl groups excluding tert-OH is 2. The van der Waals surface area contributed by atoms with Gasteiger partial charge in [-0.1, -0.05) is 11.8 Å². The number of hydrogen-bond donors (Lipinski definition) is 5. The lowest BCUT2D eigenvalue weighted by atomic mass is 9.56. The third-order valence-electron chi connectivity index (χ3n) is 7.79. The van der Waals surface area contributed by atoms with E-state index in [0.29, 0.717) is 30.4 Å². The highest BCUT2D eigenvalue weighted by atomic mass is 16.3. The molecule has 6 N–H and O–H groups in total. The molecule has 2 unspecified atom stereocenters. The van der Waals surface area contributed by atoms with Gasteiger partial charge in [-0.15, -0.1) is 0 Å². The number of phenolic OH excluding ortho intramolecular Hbond substituents is 1. The largest absolute Gasteiger partial charge is 0.508 e. The summed E-state index contributed by atoms with van der Waals surface area (Å²) in [4.78, 5) is 40.6. The molecule has 4 rings (SSSR count). The van der Waals surface area contributed by atoms with Crippen LogP contribution in [-0.4, -0.2) is 74.6 Å². The van der Waals surface area contributed by atoms with Crippen LogP contribution in [0.25, 0.3) is 0 Å². The van der Waals surface area contributed by atoms with Gasteiger partial charge in [0.15, 0.2) is 17.2 Å². The first-order valence-electron chi connectivity index (χ1n) is 12.1. The van der Waals surface area contributed by atoms with Crippen LogP contribution in [0.15, 0.2) is 23.5 Å². The van der Waals surface area contributed by atoms with Crippen molar-refractivity contribution in [1.29, 1.82) is 5.26 Å². The number of allylic oxidation sites excluding steroid dienone is 1. The van der Waals surface area contributed by atoms with E-state index in [-0.39, 0.29) is 29.7 Å². The van der Waals surface area contributed by atoms with Gasteiger partial charge in [-0.05, 0) is 57.0 Å². The minimum absolute atomic E-state index is 0.0445. The number of amides is 1. The topological polar surface area (TPSA) is 185 Å². The Morgan fingerprint density at radius 1 is 1.24 bits per heavy atom. The van der Waals surface area contributed by atoms with E-state index in [4.69, 9.17) is 11.0 Å². The van der Waals surface area contributed by atoms with Crippen molar-refractivity contribution < 1.29 is 34.8 Å². The lowest BCUT2D eigenvalue weighted by molar-refractivity contribution is -0.178. The quantitative estimate of drug-likeness (QED) is 0.218. The number of fused-ring (bicyclic) bond motifs is 3. The molecule has 1 aromatic carbocycles. The van der Waals surface area contributed by atoms with Crippen molar-refractivity contribution in [3.05, 3.63) is 40.2 Å². The van der Waals surface area contributed by atoms with E-state index in [1.807, 2.05) is 0 Å². The molecule has 1 aromatic rings. The smallest absolute Gasteiger partial charge is 0.230 e. The molecule has 10 heteroatoms. The first kappa shape index (κ1) is 26.4. The number of nitriles is 1. The van der Waals surface area contributed by atoms with Gasteiger partial charge in [0.05, 0.1) is 17.7 Å². The summed E-state index contributed by atoms with van der Waals surface area (Å²) in [6.07, 6.45) is 0.157. The molecule has 10 nitrogen and oxygen atoms in total. The monoisotopic (exact) mass is 507 g/mol. The zero-order valence-corrected chi connectivity index (χ0v) is 20.6. The predicted molar refractivity (Wildman–Crippen MR) is 130 cm³/mol. The molecule has 0 saturated heterocycles. The summed E-state index contributed by atoms with van der Waals surface area (Å²) < 4.78 is 0. The van der Waals surface area contributed by atoms with Crippen molar-refractivity contribution in [1.82, 2.24) is 4.90 Å². The number of nitrogens with zero attached hydrogens (tertiary/aromatic N) is 2. The molecule has 1 amide bonds. The summed E-state index contributed by atoms with van der Waals surface area (Å²) in [6.45, 7) is 0. The predicted octanol–water partition coefficient (Wildman–Crippen LogP) is 0.331. The average molecular weight is 508 g/mol. The summed E-state index contributed by atoms with van der Waals surface area (Å²) >= 11 is 0. The van der Waals surface area contributed by atoms with E-state index in [0.717, 1.165) is 0 Å². The van der Waals surface area contributed by atoms with Gasteiger partial charge in [0.2, 0.25) is 5.91 Å². The molecule has 3 aliphatic carbocycles. The van der Waals surface area contributed by atoms with Crippen molar-refractivity contribution in [2.24, 2.45) is 23.5 Å². The van der Waals surface area contributed by atoms with Crippen molar-refractivity contribution >= 4 is 17.5 Å². The second-order valence-corrected chi connectivity index (χ2v) is 10.1. The maximum Gasteiger partial charge on any atom is 0.230 e. The van der Waals surface area contributed by atoms with E-state index < -0.39 is 58.7 Å². The summed E-state index contributed by atoms with van der Waals surface area (Å²) in [6, 6.07) is 4.04. The Hall–Kier alpha value is -3.70. The molecule has 0 spiro atoms. The minimum atomic E-state index is -2.61. The fourth-order valence-corrected chi connectivity index (χ4v) is 6.14. The van der Waals surface area contributed by atoms with Crippen molar-refractivity contribution in [3.8, 4) is 23.7 Å². The Morgan fingerprint density at radius 3 is 2.57 bits per heavy atom. The van der Waals surface area contributed by atoms with E-state index in [1.165, 1.54) is 6.07 Å². The number of Topliss-reactive ketones (excluding diaryl/α,β-unsaturated/α-hetero) is 2. The number of likely N-dealkylation sites (N-methyl/N-ethyl adjacent to an activating group) is 1. The highest BCUT2D eigenvalue weighted by Gasteiger charge is 2.66. The summed E-state index contributed by atoms with van der Waals surface area (Å²) in [7, 11) is 3.22. The molecule has 3 aliphatic rings. The van der Waals surface area contributed by atoms with E-state index in [1.54, 1.807) is 25.1 Å². The maximum atomic E-state index is 13.6. The molecular weight excluding hydrogens is 478 g/mol. The highest BCUT2D eigenvalue weighted by molar-refractivity contribution is 6.15. The molecule has 0 aliphatic heterocycles. The number of aromatic hydroxyl groups is 1. The highest BCUT2D eigenvalue weighted by Crippen LogP contribution is 2.52. The van der Waals surface area contributed by atoms with Crippen LogP contribution in [-0.2, 0) is 16.0 Å². The fraction of sp³-hybridized carbons (Fsp3) is 0.481. The van der Waals surface area contributed by atoms with Crippen LogP contribution >= 0.6 is 0 Å². The lowest BCUT2D eigenvalue weighted by Crippen LogP contribution is -2.71. The van der Waals surface area contributed by atoms with Crippen LogP contribution in [0.2, 0.25) is 0 Å². The zero-order valence-electron chi connectivity index (χ0n) is 20.6. The Labute approximate surface area is 214 Å². The maximum absolute atomic E-state index is 13.6. The van der Waals surface area contributed by atoms with Gasteiger partial charge in [-0.25, -0.2) is 0 Å². The van der Waals surface area contributed by atoms with Gasteiger partial charge < -0.3 is 31.1 Å². The van der Waals surface area contributed by atoms with Crippen LogP contribution in [0, 0.1) is 40.9 Å². The minimum Gasteiger partial charge on any atom is -0.508 e. The van der Waals surface area contributed by atoms with Gasteiger partial charge in [0.1, 0.15) is 17.4 Å². The van der Waals surface area contributed by atoms with Gasteiger partial charge in [0, 0.05) is 35.9 Å². The number of phenols is 1. The van der Waals surface area contributed by atoms with Gasteiger partial charge >= 0.3 is 0 Å². The third-order valence-corrected chi connectivity index (χ3v) is 7.79. The van der Waals surface area contributed by atoms with Crippen LogP contribution in [0.5, 0.6) is 5.75 Å². The third kappa shape index (κ3) is 3.98. The second kappa shape index (κ2) is 9.64. The number of nitrogens with two attached hydrogens (primary N) is 1. The van der Waals surface area contributed by atoms with Gasteiger partial charge in [0.25, 0.3) is 0 Å². The van der Waals surface area contributed by atoms with Crippen molar-refractivity contribution in [2.75, 3.05) is 14.1 Å². The summed E-state index contributed by atoms with van der Waals surface area (Å²) in [5.74, 6) is -1.71. The fourth-order valence-electron chi connectivity index (χ4n) is 6.14. The number of hydrogen-bond acceptors (Lipinski definition) is 9. The molecule has 37 heavy (non-hydrogen) atoms. The molecule has 1 fully saturated rings. The zero-order chi connectivity index (χ0) is 27.2. The Morgan fingerprint density at radius 2 is 1.95 bits per heavy atom. The average Bonchev–Trinajstić information content (AvgIpc) is 2.82. The number of ketones is 2. The summed E-state index contributed by atoms with van der Waals surface area (Å²) in [5.41, 5.74) is 3.52. The molecule has 1 saturated carbocycles. The van der Waals surface area contributed by atoms with Crippen molar-refractivity contribution in [2.45, 2.75) is 49.9 Å². The molecule has 0 aromatic heterocycles. The van der Waals surface area contributed by atoms with E-state index in [2.05, 4.69) is 17.9 Å². The number of carbonyl (C=O) groups is 3. The molecule has 194 valence electrons. The molecule has 0 heterocycles. The first-order valence-corrected chi connectivity index (χ1v) is 12.1. The number of unbranched alkanes of at least 4 members (excludes halogenated alkanes) is 2. The van der Waals surface area contributed by atoms with Crippen LogP contribution in [0.1, 0.15) is 47.2 Å². The van der Waals surface area contributed by atoms with E-state index >= 15 is 0 Å².